The Kier molecular flexibility index (Phi) is 3.22. The second kappa shape index (κ2) is 4.21. The van der Waals surface area contributed by atoms with E-state index in [1.807, 2.05) is 6.92 Å². The summed E-state index contributed by atoms with van der Waals surface area (Å²) in [5, 5.41) is 6.95. The normalized spacial score (nSPS) is 13.2. The molecule has 0 saturated heterocycles. The van der Waals surface area contributed by atoms with Gasteiger partial charge in [-0.3, -0.25) is 5.10 Å². The van der Waals surface area contributed by atoms with E-state index in [0.29, 0.717) is 0 Å². The van der Waals surface area contributed by atoms with Crippen LogP contribution in [0.3, 0.4) is 0 Å². The first-order valence-corrected chi connectivity index (χ1v) is 4.38. The standard InChI is InChI=1S/C8H16N4/c1-3-4-7-10-8(12-11-7)5-6(2)9/h6H,3-5,9H2,1-2H3,(H,10,11,12)/t6-/m1/s1. The van der Waals surface area contributed by atoms with E-state index in [0.717, 1.165) is 30.9 Å². The van der Waals surface area contributed by atoms with Crippen molar-refractivity contribution in [1.82, 2.24) is 15.2 Å². The molecule has 1 atom stereocenters. The summed E-state index contributed by atoms with van der Waals surface area (Å²) >= 11 is 0. The molecule has 68 valence electrons. The zero-order chi connectivity index (χ0) is 8.97. The lowest BCUT2D eigenvalue weighted by Crippen LogP contribution is -2.18. The predicted molar refractivity (Wildman–Crippen MR) is 47.7 cm³/mol. The SMILES string of the molecule is CCCc1n[nH]c(C[C@@H](C)N)n1. The fraction of sp³-hybridized carbons (Fsp3) is 0.750. The highest BCUT2D eigenvalue weighted by Crippen LogP contribution is 1.98. The Morgan fingerprint density at radius 2 is 2.33 bits per heavy atom. The molecule has 4 heteroatoms. The third-order valence-electron chi connectivity index (χ3n) is 1.57. The van der Waals surface area contributed by atoms with Gasteiger partial charge in [-0.15, -0.1) is 0 Å². The van der Waals surface area contributed by atoms with Crippen molar-refractivity contribution in [3.05, 3.63) is 11.6 Å². The molecule has 0 aliphatic carbocycles. The molecule has 0 spiro atoms. The third kappa shape index (κ3) is 2.62. The first kappa shape index (κ1) is 9.19. The highest BCUT2D eigenvalue weighted by Gasteiger charge is 2.03. The van der Waals surface area contributed by atoms with Gasteiger partial charge >= 0.3 is 0 Å². The molecule has 0 fully saturated rings. The van der Waals surface area contributed by atoms with Gasteiger partial charge in [0.25, 0.3) is 0 Å². The largest absolute Gasteiger partial charge is 0.328 e. The van der Waals surface area contributed by atoms with E-state index in [-0.39, 0.29) is 6.04 Å². The van der Waals surface area contributed by atoms with Crippen molar-refractivity contribution in [2.24, 2.45) is 5.73 Å². The van der Waals surface area contributed by atoms with Crippen LogP contribution in [0.25, 0.3) is 0 Å². The minimum atomic E-state index is 0.146. The second-order valence-corrected chi connectivity index (χ2v) is 3.13. The van der Waals surface area contributed by atoms with Crippen LogP contribution in [0.1, 0.15) is 31.9 Å². The summed E-state index contributed by atoms with van der Waals surface area (Å²) in [6.45, 7) is 4.07. The van der Waals surface area contributed by atoms with E-state index in [2.05, 4.69) is 22.1 Å². The van der Waals surface area contributed by atoms with Crippen LogP contribution in [-0.4, -0.2) is 21.2 Å². The maximum absolute atomic E-state index is 5.62. The van der Waals surface area contributed by atoms with Crippen LogP contribution in [0.4, 0.5) is 0 Å². The highest BCUT2D eigenvalue weighted by molar-refractivity contribution is 4.92. The Morgan fingerprint density at radius 3 is 2.92 bits per heavy atom. The molecule has 0 radical (unpaired) electrons. The maximum atomic E-state index is 5.62. The molecule has 0 bridgehead atoms. The molecule has 0 amide bonds. The Bertz CT molecular complexity index is 229. The second-order valence-electron chi connectivity index (χ2n) is 3.13. The molecule has 0 unspecified atom stereocenters. The summed E-state index contributed by atoms with van der Waals surface area (Å²) in [5.41, 5.74) is 5.62. The molecule has 1 heterocycles. The Labute approximate surface area is 72.6 Å². The van der Waals surface area contributed by atoms with Gasteiger partial charge in [-0.1, -0.05) is 6.92 Å². The predicted octanol–water partition coefficient (Wildman–Crippen LogP) is 0.647. The molecule has 0 aliphatic heterocycles. The lowest BCUT2D eigenvalue weighted by atomic mass is 10.2. The van der Waals surface area contributed by atoms with Crippen LogP contribution in [0.5, 0.6) is 0 Å². The molecule has 3 N–H and O–H groups in total. The molecule has 0 aliphatic rings. The van der Waals surface area contributed by atoms with Gasteiger partial charge in [0.1, 0.15) is 5.82 Å². The smallest absolute Gasteiger partial charge is 0.150 e. The van der Waals surface area contributed by atoms with Crippen molar-refractivity contribution in [1.29, 1.82) is 0 Å². The van der Waals surface area contributed by atoms with Gasteiger partial charge in [-0.05, 0) is 13.3 Å². The molecule has 1 rings (SSSR count). The number of aromatic amines is 1. The molecule has 0 saturated carbocycles. The van der Waals surface area contributed by atoms with Crippen molar-refractivity contribution in [2.75, 3.05) is 0 Å². The molecular formula is C8H16N4. The monoisotopic (exact) mass is 168 g/mol. The topological polar surface area (TPSA) is 67.6 Å². The van der Waals surface area contributed by atoms with Crippen LogP contribution in [0.2, 0.25) is 0 Å². The van der Waals surface area contributed by atoms with Gasteiger partial charge in [0.05, 0.1) is 0 Å². The maximum Gasteiger partial charge on any atom is 0.150 e. The van der Waals surface area contributed by atoms with Crippen LogP contribution in [-0.2, 0) is 12.8 Å². The zero-order valence-corrected chi connectivity index (χ0v) is 7.67. The number of hydrogen-bond acceptors (Lipinski definition) is 3. The zero-order valence-electron chi connectivity index (χ0n) is 7.67. The van der Waals surface area contributed by atoms with E-state index in [1.54, 1.807) is 0 Å². The first-order chi connectivity index (χ1) is 5.72. The molecule has 4 nitrogen and oxygen atoms in total. The van der Waals surface area contributed by atoms with Crippen molar-refractivity contribution >= 4 is 0 Å². The van der Waals surface area contributed by atoms with Crippen LogP contribution >= 0.6 is 0 Å². The average molecular weight is 168 g/mol. The van der Waals surface area contributed by atoms with Gasteiger partial charge < -0.3 is 5.73 Å². The van der Waals surface area contributed by atoms with Gasteiger partial charge in [-0.25, -0.2) is 4.98 Å². The highest BCUT2D eigenvalue weighted by atomic mass is 15.2. The summed E-state index contributed by atoms with van der Waals surface area (Å²) in [4.78, 5) is 4.29. The fourth-order valence-electron chi connectivity index (χ4n) is 1.07. The number of nitrogens with two attached hydrogens (primary N) is 1. The first-order valence-electron chi connectivity index (χ1n) is 4.38. The number of aromatic nitrogens is 3. The fourth-order valence-corrected chi connectivity index (χ4v) is 1.07. The van der Waals surface area contributed by atoms with E-state index in [4.69, 9.17) is 5.73 Å². The van der Waals surface area contributed by atoms with Crippen molar-refractivity contribution in [2.45, 2.75) is 39.2 Å². The molecule has 1 aromatic rings. The third-order valence-corrected chi connectivity index (χ3v) is 1.57. The summed E-state index contributed by atoms with van der Waals surface area (Å²) in [6.07, 6.45) is 2.79. The Hall–Kier alpha value is -0.900. The molecule has 12 heavy (non-hydrogen) atoms. The van der Waals surface area contributed by atoms with Gasteiger partial charge in [0.15, 0.2) is 5.82 Å². The van der Waals surface area contributed by atoms with Crippen molar-refractivity contribution in [3.8, 4) is 0 Å². The average Bonchev–Trinajstić information content (AvgIpc) is 2.36. The molecule has 0 aromatic carbocycles. The summed E-state index contributed by atoms with van der Waals surface area (Å²) < 4.78 is 0. The van der Waals surface area contributed by atoms with Crippen LogP contribution < -0.4 is 5.73 Å². The van der Waals surface area contributed by atoms with Gasteiger partial charge in [0, 0.05) is 18.9 Å². The van der Waals surface area contributed by atoms with Crippen LogP contribution in [0, 0.1) is 0 Å². The number of nitrogens with zero attached hydrogens (tertiary/aromatic N) is 2. The lowest BCUT2D eigenvalue weighted by Gasteiger charge is -1.98. The number of nitrogens with one attached hydrogen (secondary N) is 1. The van der Waals surface area contributed by atoms with Crippen LogP contribution in [0.15, 0.2) is 0 Å². The van der Waals surface area contributed by atoms with Gasteiger partial charge in [0.2, 0.25) is 0 Å². The van der Waals surface area contributed by atoms with E-state index in [1.165, 1.54) is 0 Å². The molecule has 1 aromatic heterocycles. The van der Waals surface area contributed by atoms with E-state index < -0.39 is 0 Å². The molecular weight excluding hydrogens is 152 g/mol. The lowest BCUT2D eigenvalue weighted by molar-refractivity contribution is 0.704. The quantitative estimate of drug-likeness (QED) is 0.693. The number of aryl methyl sites for hydroxylation is 1. The van der Waals surface area contributed by atoms with Crippen molar-refractivity contribution < 1.29 is 0 Å². The summed E-state index contributed by atoms with van der Waals surface area (Å²) in [6, 6.07) is 0.146. The summed E-state index contributed by atoms with van der Waals surface area (Å²) in [7, 11) is 0. The minimum Gasteiger partial charge on any atom is -0.328 e. The number of H-pyrrole nitrogens is 1. The summed E-state index contributed by atoms with van der Waals surface area (Å²) in [5.74, 6) is 1.79. The number of rotatable bonds is 4. The number of hydrogen-bond donors (Lipinski definition) is 2. The van der Waals surface area contributed by atoms with E-state index >= 15 is 0 Å². The van der Waals surface area contributed by atoms with E-state index in [9.17, 15) is 0 Å². The van der Waals surface area contributed by atoms with Gasteiger partial charge in [-0.2, -0.15) is 5.10 Å². The van der Waals surface area contributed by atoms with Crippen molar-refractivity contribution in [3.63, 3.8) is 0 Å². The Balaban J connectivity index is 2.52. The Morgan fingerprint density at radius 1 is 1.58 bits per heavy atom. The minimum absolute atomic E-state index is 0.146.